The van der Waals surface area contributed by atoms with E-state index in [0.29, 0.717) is 5.92 Å². The molecule has 0 amide bonds. The summed E-state index contributed by atoms with van der Waals surface area (Å²) in [6.07, 6.45) is 7.10. The van der Waals surface area contributed by atoms with E-state index in [1.807, 2.05) is 0 Å². The fourth-order valence-electron chi connectivity index (χ4n) is 8.94. The first-order chi connectivity index (χ1) is 22.4. The van der Waals surface area contributed by atoms with Crippen LogP contribution in [0.15, 0.2) is 151 Å². The Morgan fingerprint density at radius 1 is 0.587 bits per heavy atom. The summed E-state index contributed by atoms with van der Waals surface area (Å²) in [5.41, 5.74) is 15.3. The third-order valence-electron chi connectivity index (χ3n) is 10.4. The Morgan fingerprint density at radius 2 is 1.15 bits per heavy atom. The summed E-state index contributed by atoms with van der Waals surface area (Å²) in [7, 11) is 0. The first kappa shape index (κ1) is 28.5. The van der Waals surface area contributed by atoms with Gasteiger partial charge in [-0.1, -0.05) is 165 Å². The van der Waals surface area contributed by atoms with E-state index in [9.17, 15) is 0 Å². The molecule has 0 radical (unpaired) electrons. The standard InChI is InChI=1S/C46H40/c1-6-17-36(26-30(2)3)46(35-22-14-9-15-23-35)38-25-16-24-37-32(5)29-41-44(42(37)38)43-39(27-31(4)28-40(43)46)45(41,33-18-10-7-11-19-33)34-20-12-8-13-21-34/h6-30H,1-5H3/b17-6?,36-26+. The zero-order valence-corrected chi connectivity index (χ0v) is 27.4. The Hall–Kier alpha value is -4.94. The van der Waals surface area contributed by atoms with Crippen LogP contribution in [0.1, 0.15) is 70.8 Å². The van der Waals surface area contributed by atoms with Crippen molar-refractivity contribution in [1.29, 1.82) is 0 Å². The normalized spacial score (nSPS) is 17.7. The molecule has 2 aliphatic carbocycles. The van der Waals surface area contributed by atoms with E-state index in [-0.39, 0.29) is 0 Å². The molecular formula is C46H40. The van der Waals surface area contributed by atoms with Gasteiger partial charge in [0.25, 0.3) is 0 Å². The molecule has 0 fully saturated rings. The van der Waals surface area contributed by atoms with Crippen molar-refractivity contribution in [1.82, 2.24) is 0 Å². The third-order valence-corrected chi connectivity index (χ3v) is 10.4. The Morgan fingerprint density at radius 3 is 1.74 bits per heavy atom. The molecule has 0 heteroatoms. The summed E-state index contributed by atoms with van der Waals surface area (Å²) in [6.45, 7) is 11.4. The van der Waals surface area contributed by atoms with Gasteiger partial charge in [0, 0.05) is 0 Å². The van der Waals surface area contributed by atoms with Gasteiger partial charge in [0.15, 0.2) is 0 Å². The zero-order chi connectivity index (χ0) is 31.6. The van der Waals surface area contributed by atoms with Gasteiger partial charge >= 0.3 is 0 Å². The van der Waals surface area contributed by atoms with E-state index in [2.05, 4.69) is 180 Å². The molecule has 0 spiro atoms. The summed E-state index contributed by atoms with van der Waals surface area (Å²) in [6, 6.07) is 48.3. The van der Waals surface area contributed by atoms with Gasteiger partial charge < -0.3 is 0 Å². The second kappa shape index (κ2) is 10.6. The van der Waals surface area contributed by atoms with Crippen molar-refractivity contribution in [2.75, 3.05) is 0 Å². The molecule has 1 unspecified atom stereocenters. The summed E-state index contributed by atoms with van der Waals surface area (Å²) in [5.74, 6) is 0.381. The Balaban J connectivity index is 1.70. The highest BCUT2D eigenvalue weighted by atomic mass is 14.5. The molecule has 46 heavy (non-hydrogen) atoms. The highest BCUT2D eigenvalue weighted by molar-refractivity contribution is 6.11. The lowest BCUT2D eigenvalue weighted by molar-refractivity contribution is 0.717. The third kappa shape index (κ3) is 3.68. The van der Waals surface area contributed by atoms with Crippen LogP contribution in [0.25, 0.3) is 21.9 Å². The quantitative estimate of drug-likeness (QED) is 0.169. The molecule has 6 aromatic rings. The molecule has 0 saturated heterocycles. The largest absolute Gasteiger partial charge is 0.0873 e. The van der Waals surface area contributed by atoms with Gasteiger partial charge in [-0.15, -0.1) is 0 Å². The average Bonchev–Trinajstić information content (AvgIpc) is 3.36. The molecule has 224 valence electrons. The van der Waals surface area contributed by atoms with Gasteiger partial charge in [0.1, 0.15) is 0 Å². The first-order valence-electron chi connectivity index (χ1n) is 16.7. The van der Waals surface area contributed by atoms with Crippen LogP contribution in [-0.4, -0.2) is 0 Å². The average molecular weight is 593 g/mol. The second-order valence-electron chi connectivity index (χ2n) is 13.5. The number of aryl methyl sites for hydroxylation is 2. The lowest BCUT2D eigenvalue weighted by atomic mass is 9.58. The smallest absolute Gasteiger partial charge is 0.0714 e. The molecule has 2 aliphatic rings. The van der Waals surface area contributed by atoms with E-state index < -0.39 is 10.8 Å². The molecule has 0 saturated carbocycles. The van der Waals surface area contributed by atoms with Crippen LogP contribution in [0, 0.1) is 19.8 Å². The minimum Gasteiger partial charge on any atom is -0.0873 e. The van der Waals surface area contributed by atoms with E-state index in [4.69, 9.17) is 0 Å². The topological polar surface area (TPSA) is 0 Å². The van der Waals surface area contributed by atoms with Crippen LogP contribution >= 0.6 is 0 Å². The zero-order valence-electron chi connectivity index (χ0n) is 27.4. The molecule has 0 aliphatic heterocycles. The fraction of sp³-hybridized carbons (Fsp3) is 0.174. The van der Waals surface area contributed by atoms with E-state index in [1.165, 1.54) is 77.5 Å². The number of hydrogen-bond acceptors (Lipinski definition) is 0. The monoisotopic (exact) mass is 592 g/mol. The molecule has 0 bridgehead atoms. The van der Waals surface area contributed by atoms with Crippen LogP contribution in [0.5, 0.6) is 0 Å². The number of hydrogen-bond donors (Lipinski definition) is 0. The van der Waals surface area contributed by atoms with Crippen molar-refractivity contribution in [2.45, 2.75) is 45.4 Å². The summed E-state index contributed by atoms with van der Waals surface area (Å²) >= 11 is 0. The highest BCUT2D eigenvalue weighted by Crippen LogP contribution is 2.66. The first-order valence-corrected chi connectivity index (χ1v) is 16.7. The SMILES string of the molecule is CC=C/C(=C\C(C)C)C1(c2ccccc2)c2cc(C)cc3c2-c2c(cc(C)c4cccc1c24)C3(c1ccccc1)c1ccccc1. The van der Waals surface area contributed by atoms with Crippen LogP contribution in [0.2, 0.25) is 0 Å². The number of benzene rings is 6. The maximum atomic E-state index is 2.51. The predicted octanol–water partition coefficient (Wildman–Crippen LogP) is 11.6. The number of allylic oxidation sites excluding steroid dienone is 4. The van der Waals surface area contributed by atoms with Crippen molar-refractivity contribution in [3.8, 4) is 11.1 Å². The molecule has 0 N–H and O–H groups in total. The molecule has 0 aromatic heterocycles. The molecule has 0 nitrogen and oxygen atoms in total. The van der Waals surface area contributed by atoms with Crippen molar-refractivity contribution in [2.24, 2.45) is 5.92 Å². The Bertz CT molecular complexity index is 2140. The minimum absolute atomic E-state index is 0.381. The molecule has 6 aromatic carbocycles. The Kier molecular flexibility index (Phi) is 6.55. The highest BCUT2D eigenvalue weighted by Gasteiger charge is 2.54. The maximum Gasteiger partial charge on any atom is 0.0714 e. The van der Waals surface area contributed by atoms with E-state index in [1.54, 1.807) is 0 Å². The summed E-state index contributed by atoms with van der Waals surface area (Å²) in [5, 5.41) is 2.74. The Labute approximate surface area is 273 Å². The van der Waals surface area contributed by atoms with Crippen LogP contribution in [-0.2, 0) is 10.8 Å². The lowest BCUT2D eigenvalue weighted by Gasteiger charge is -2.43. The van der Waals surface area contributed by atoms with Crippen molar-refractivity contribution >= 4 is 10.8 Å². The van der Waals surface area contributed by atoms with Crippen molar-refractivity contribution in [3.05, 3.63) is 201 Å². The summed E-state index contributed by atoms with van der Waals surface area (Å²) < 4.78 is 0. The van der Waals surface area contributed by atoms with Gasteiger partial charge in [-0.05, 0) is 98.7 Å². The van der Waals surface area contributed by atoms with Gasteiger partial charge in [-0.3, -0.25) is 0 Å². The van der Waals surface area contributed by atoms with Crippen LogP contribution < -0.4 is 0 Å². The van der Waals surface area contributed by atoms with Crippen LogP contribution in [0.3, 0.4) is 0 Å². The maximum absolute atomic E-state index is 2.51. The molecular weight excluding hydrogens is 553 g/mol. The minimum atomic E-state index is -0.491. The van der Waals surface area contributed by atoms with Gasteiger partial charge in [-0.2, -0.15) is 0 Å². The van der Waals surface area contributed by atoms with Gasteiger partial charge in [0.2, 0.25) is 0 Å². The second-order valence-corrected chi connectivity index (χ2v) is 13.5. The van der Waals surface area contributed by atoms with Crippen molar-refractivity contribution < 1.29 is 0 Å². The van der Waals surface area contributed by atoms with E-state index in [0.717, 1.165) is 0 Å². The lowest BCUT2D eigenvalue weighted by Crippen LogP contribution is -2.35. The van der Waals surface area contributed by atoms with Gasteiger partial charge in [0.05, 0.1) is 10.8 Å². The number of rotatable bonds is 6. The van der Waals surface area contributed by atoms with E-state index >= 15 is 0 Å². The van der Waals surface area contributed by atoms with Crippen LogP contribution in [0.4, 0.5) is 0 Å². The molecule has 0 heterocycles. The van der Waals surface area contributed by atoms with Crippen molar-refractivity contribution in [3.63, 3.8) is 0 Å². The summed E-state index contributed by atoms with van der Waals surface area (Å²) in [4.78, 5) is 0. The molecule has 1 atom stereocenters. The van der Waals surface area contributed by atoms with Gasteiger partial charge in [-0.25, -0.2) is 0 Å². The molecule has 8 rings (SSSR count). The predicted molar refractivity (Wildman–Crippen MR) is 195 cm³/mol. The fourth-order valence-corrected chi connectivity index (χ4v) is 8.94.